The number of carbonyl (C=O) groups is 2. The number of anilines is 1. The molecule has 0 fully saturated rings. The standard InChI is InChI=1S/C20H21NO3/c1-3-24-20(23)17-11-21-12(2)8-9-15-14-7-5-4-6-13(14)10-16(18(15)21)19(17)22/h4-7,10,12,17H,3,8-9,11H2,1-2H3. The minimum Gasteiger partial charge on any atom is -0.465 e. The van der Waals surface area contributed by atoms with Crippen LogP contribution in [0.4, 0.5) is 5.69 Å². The Morgan fingerprint density at radius 3 is 2.92 bits per heavy atom. The number of esters is 1. The summed E-state index contributed by atoms with van der Waals surface area (Å²) in [6.45, 7) is 4.67. The van der Waals surface area contributed by atoms with Crippen LogP contribution in [0.3, 0.4) is 0 Å². The second-order valence-electron chi connectivity index (χ2n) is 6.68. The van der Waals surface area contributed by atoms with Crippen molar-refractivity contribution in [2.75, 3.05) is 18.1 Å². The third-order valence-corrected chi connectivity index (χ3v) is 5.29. The van der Waals surface area contributed by atoms with Gasteiger partial charge in [0.1, 0.15) is 5.92 Å². The molecule has 2 atom stereocenters. The van der Waals surface area contributed by atoms with Crippen molar-refractivity contribution in [2.24, 2.45) is 5.92 Å². The summed E-state index contributed by atoms with van der Waals surface area (Å²) >= 11 is 0. The predicted molar refractivity (Wildman–Crippen MR) is 93.5 cm³/mol. The zero-order chi connectivity index (χ0) is 16.8. The fourth-order valence-corrected chi connectivity index (χ4v) is 4.07. The largest absolute Gasteiger partial charge is 0.465 e. The number of hydrogen-bond donors (Lipinski definition) is 0. The van der Waals surface area contributed by atoms with Crippen molar-refractivity contribution in [3.8, 4) is 0 Å². The predicted octanol–water partition coefficient (Wildman–Crippen LogP) is 3.36. The van der Waals surface area contributed by atoms with E-state index in [-0.39, 0.29) is 5.78 Å². The van der Waals surface area contributed by atoms with Gasteiger partial charge in [0.2, 0.25) is 0 Å². The molecule has 2 aromatic carbocycles. The fourth-order valence-electron chi connectivity index (χ4n) is 4.07. The summed E-state index contributed by atoms with van der Waals surface area (Å²) in [7, 11) is 0. The van der Waals surface area contributed by atoms with E-state index in [1.165, 1.54) is 10.9 Å². The Hall–Kier alpha value is -2.36. The summed E-state index contributed by atoms with van der Waals surface area (Å²) in [6, 6.07) is 10.5. The number of aryl methyl sites for hydroxylation is 1. The van der Waals surface area contributed by atoms with Crippen LogP contribution in [0.5, 0.6) is 0 Å². The highest BCUT2D eigenvalue weighted by atomic mass is 16.5. The smallest absolute Gasteiger partial charge is 0.318 e. The van der Waals surface area contributed by atoms with Gasteiger partial charge in [-0.2, -0.15) is 0 Å². The molecular weight excluding hydrogens is 302 g/mol. The summed E-state index contributed by atoms with van der Waals surface area (Å²) in [6.07, 6.45) is 2.00. The maximum atomic E-state index is 13.0. The highest BCUT2D eigenvalue weighted by Crippen LogP contribution is 2.43. The highest BCUT2D eigenvalue weighted by molar-refractivity contribution is 6.16. The Morgan fingerprint density at radius 1 is 1.33 bits per heavy atom. The van der Waals surface area contributed by atoms with E-state index in [1.807, 2.05) is 24.3 Å². The van der Waals surface area contributed by atoms with Gasteiger partial charge in [-0.25, -0.2) is 0 Å². The third kappa shape index (κ3) is 2.13. The lowest BCUT2D eigenvalue weighted by molar-refractivity contribution is -0.146. The van der Waals surface area contributed by atoms with E-state index in [0.29, 0.717) is 24.8 Å². The second kappa shape index (κ2) is 5.62. The van der Waals surface area contributed by atoms with Gasteiger partial charge in [-0.1, -0.05) is 24.3 Å². The summed E-state index contributed by atoms with van der Waals surface area (Å²) in [5.74, 6) is -1.21. The minimum atomic E-state index is -0.716. The molecular formula is C20H21NO3. The lowest BCUT2D eigenvalue weighted by Gasteiger charge is -2.43. The minimum absolute atomic E-state index is 0.0965. The van der Waals surface area contributed by atoms with Gasteiger partial charge >= 0.3 is 5.97 Å². The van der Waals surface area contributed by atoms with Gasteiger partial charge in [0.15, 0.2) is 5.78 Å². The first-order valence-electron chi connectivity index (χ1n) is 8.64. The van der Waals surface area contributed by atoms with Crippen LogP contribution in [0.1, 0.15) is 36.2 Å². The van der Waals surface area contributed by atoms with Gasteiger partial charge < -0.3 is 9.64 Å². The number of rotatable bonds is 2. The van der Waals surface area contributed by atoms with Crippen molar-refractivity contribution >= 4 is 28.2 Å². The van der Waals surface area contributed by atoms with Crippen LogP contribution in [0.15, 0.2) is 30.3 Å². The molecule has 2 aromatic rings. The molecule has 2 unspecified atom stereocenters. The molecule has 0 saturated carbocycles. The zero-order valence-electron chi connectivity index (χ0n) is 14.0. The van der Waals surface area contributed by atoms with Crippen molar-refractivity contribution in [2.45, 2.75) is 32.7 Å². The van der Waals surface area contributed by atoms with Crippen molar-refractivity contribution in [3.05, 3.63) is 41.5 Å². The number of benzene rings is 2. The fraction of sp³-hybridized carbons (Fsp3) is 0.400. The van der Waals surface area contributed by atoms with Gasteiger partial charge in [0.05, 0.1) is 12.3 Å². The van der Waals surface area contributed by atoms with Crippen LogP contribution in [0, 0.1) is 5.92 Å². The normalized spacial score (nSPS) is 22.4. The zero-order valence-corrected chi connectivity index (χ0v) is 14.0. The first kappa shape index (κ1) is 15.2. The number of carbonyl (C=O) groups excluding carboxylic acids is 2. The number of fused-ring (bicyclic) bond motifs is 2. The average molecular weight is 323 g/mol. The van der Waals surface area contributed by atoms with E-state index in [0.717, 1.165) is 23.9 Å². The molecule has 2 aliphatic rings. The monoisotopic (exact) mass is 323 g/mol. The quantitative estimate of drug-likeness (QED) is 0.628. The van der Waals surface area contributed by atoms with E-state index in [9.17, 15) is 9.59 Å². The lowest BCUT2D eigenvalue weighted by atomic mass is 9.81. The molecule has 0 aliphatic carbocycles. The highest BCUT2D eigenvalue weighted by Gasteiger charge is 2.41. The molecule has 0 N–H and O–H groups in total. The summed E-state index contributed by atoms with van der Waals surface area (Å²) in [5, 5.41) is 2.29. The van der Waals surface area contributed by atoms with Crippen LogP contribution in [-0.4, -0.2) is 30.9 Å². The second-order valence-corrected chi connectivity index (χ2v) is 6.68. The first-order valence-corrected chi connectivity index (χ1v) is 8.64. The third-order valence-electron chi connectivity index (χ3n) is 5.29. The van der Waals surface area contributed by atoms with E-state index in [4.69, 9.17) is 4.74 Å². The van der Waals surface area contributed by atoms with Gasteiger partial charge in [0, 0.05) is 18.2 Å². The summed E-state index contributed by atoms with van der Waals surface area (Å²) in [5.41, 5.74) is 2.97. The molecule has 0 spiro atoms. The van der Waals surface area contributed by atoms with Crippen molar-refractivity contribution in [1.29, 1.82) is 0 Å². The van der Waals surface area contributed by atoms with Crippen LogP contribution >= 0.6 is 0 Å². The lowest BCUT2D eigenvalue weighted by Crippen LogP contribution is -2.49. The maximum Gasteiger partial charge on any atom is 0.318 e. The molecule has 4 heteroatoms. The number of ether oxygens (including phenoxy) is 1. The van der Waals surface area contributed by atoms with E-state index in [1.54, 1.807) is 6.92 Å². The molecule has 0 bridgehead atoms. The van der Waals surface area contributed by atoms with E-state index >= 15 is 0 Å². The van der Waals surface area contributed by atoms with Gasteiger partial charge in [-0.05, 0) is 49.1 Å². The van der Waals surface area contributed by atoms with Gasteiger partial charge in [-0.15, -0.1) is 0 Å². The number of Topliss-reactive ketones (excluding diaryl/α,β-unsaturated/α-hetero) is 1. The van der Waals surface area contributed by atoms with E-state index < -0.39 is 11.9 Å². The summed E-state index contributed by atoms with van der Waals surface area (Å²) in [4.78, 5) is 27.5. The molecule has 0 radical (unpaired) electrons. The molecule has 2 aliphatic heterocycles. The Kier molecular flexibility index (Phi) is 3.56. The molecule has 24 heavy (non-hydrogen) atoms. The SMILES string of the molecule is CCOC(=O)C1CN2c3c(cc4ccccc4c3CCC2C)C1=O. The maximum absolute atomic E-state index is 13.0. The molecule has 4 nitrogen and oxygen atoms in total. The Morgan fingerprint density at radius 2 is 2.12 bits per heavy atom. The summed E-state index contributed by atoms with van der Waals surface area (Å²) < 4.78 is 5.14. The van der Waals surface area contributed by atoms with Crippen molar-refractivity contribution < 1.29 is 14.3 Å². The topological polar surface area (TPSA) is 46.6 Å². The number of hydrogen-bond acceptors (Lipinski definition) is 4. The molecule has 0 saturated heterocycles. The van der Waals surface area contributed by atoms with Gasteiger partial charge in [0.25, 0.3) is 0 Å². The molecule has 2 heterocycles. The number of nitrogens with zero attached hydrogens (tertiary/aromatic N) is 1. The molecule has 0 amide bonds. The molecule has 124 valence electrons. The number of ketones is 1. The molecule has 4 rings (SSSR count). The van der Waals surface area contributed by atoms with Crippen molar-refractivity contribution in [1.82, 2.24) is 0 Å². The Bertz CT molecular complexity index is 842. The van der Waals surface area contributed by atoms with Crippen LogP contribution < -0.4 is 4.90 Å². The van der Waals surface area contributed by atoms with Crippen molar-refractivity contribution in [3.63, 3.8) is 0 Å². The average Bonchev–Trinajstić information content (AvgIpc) is 2.59. The Labute approximate surface area is 141 Å². The van der Waals surface area contributed by atoms with Crippen LogP contribution in [0.2, 0.25) is 0 Å². The van der Waals surface area contributed by atoms with Crippen LogP contribution in [-0.2, 0) is 16.0 Å². The molecule has 0 aromatic heterocycles. The van der Waals surface area contributed by atoms with Crippen LogP contribution in [0.25, 0.3) is 10.8 Å². The van der Waals surface area contributed by atoms with E-state index in [2.05, 4.69) is 17.9 Å². The van der Waals surface area contributed by atoms with Gasteiger partial charge in [-0.3, -0.25) is 9.59 Å². The first-order chi connectivity index (χ1) is 11.6. The Balaban J connectivity index is 1.93.